The summed E-state index contributed by atoms with van der Waals surface area (Å²) in [6.45, 7) is 1.23. The van der Waals surface area contributed by atoms with E-state index in [2.05, 4.69) is 4.98 Å². The van der Waals surface area contributed by atoms with E-state index >= 15 is 0 Å². The highest BCUT2D eigenvalue weighted by atomic mass is 35.5. The molecule has 2 aromatic carbocycles. The van der Waals surface area contributed by atoms with Gasteiger partial charge in [0.1, 0.15) is 12.4 Å². The number of nitrogens with zero attached hydrogens (tertiary/aromatic N) is 1. The third kappa shape index (κ3) is 2.57. The lowest BCUT2D eigenvalue weighted by Gasteiger charge is -2.07. The molecule has 0 saturated carbocycles. The summed E-state index contributed by atoms with van der Waals surface area (Å²) in [5, 5.41) is 0.677. The van der Waals surface area contributed by atoms with Gasteiger partial charge in [-0.2, -0.15) is 0 Å². The van der Waals surface area contributed by atoms with Crippen molar-refractivity contribution < 1.29 is 4.74 Å². The van der Waals surface area contributed by atoms with Gasteiger partial charge < -0.3 is 14.3 Å². The van der Waals surface area contributed by atoms with Crippen LogP contribution in [0.25, 0.3) is 11.0 Å². The molecule has 20 heavy (non-hydrogen) atoms. The number of aromatic amines is 1. The Morgan fingerprint density at radius 1 is 1.10 bits per heavy atom. The predicted molar refractivity (Wildman–Crippen MR) is 84.1 cm³/mol. The average molecular weight is 305 g/mol. The van der Waals surface area contributed by atoms with Crippen molar-refractivity contribution in [2.45, 2.75) is 6.54 Å². The van der Waals surface area contributed by atoms with Crippen LogP contribution < -0.4 is 4.74 Å². The van der Waals surface area contributed by atoms with Crippen LogP contribution in [0.4, 0.5) is 0 Å². The molecule has 0 saturated heterocycles. The van der Waals surface area contributed by atoms with Gasteiger partial charge >= 0.3 is 0 Å². The normalized spacial score (nSPS) is 10.8. The number of benzene rings is 2. The number of halogens is 1. The number of hydrogen-bond donors (Lipinski definition) is 1. The van der Waals surface area contributed by atoms with Crippen molar-refractivity contribution in [1.82, 2.24) is 9.55 Å². The van der Waals surface area contributed by atoms with Gasteiger partial charge in [-0.1, -0.05) is 35.9 Å². The first kappa shape index (κ1) is 13.2. The van der Waals surface area contributed by atoms with Crippen LogP contribution in [0.2, 0.25) is 5.02 Å². The van der Waals surface area contributed by atoms with Crippen LogP contribution >= 0.6 is 23.8 Å². The lowest BCUT2D eigenvalue weighted by molar-refractivity contribution is 0.299. The van der Waals surface area contributed by atoms with E-state index in [4.69, 9.17) is 28.6 Å². The van der Waals surface area contributed by atoms with Gasteiger partial charge in [0.05, 0.1) is 22.6 Å². The van der Waals surface area contributed by atoms with Crippen LogP contribution in [0.1, 0.15) is 0 Å². The van der Waals surface area contributed by atoms with E-state index in [1.165, 1.54) is 0 Å². The number of hydrogen-bond acceptors (Lipinski definition) is 2. The molecular weight excluding hydrogens is 292 g/mol. The summed E-state index contributed by atoms with van der Waals surface area (Å²) in [4.78, 5) is 3.13. The molecule has 5 heteroatoms. The third-order valence-electron chi connectivity index (χ3n) is 3.09. The Morgan fingerprint density at radius 2 is 1.90 bits per heavy atom. The number of aromatic nitrogens is 2. The van der Waals surface area contributed by atoms with Crippen molar-refractivity contribution in [3.8, 4) is 5.75 Å². The maximum absolute atomic E-state index is 6.15. The quantitative estimate of drug-likeness (QED) is 0.723. The minimum absolute atomic E-state index is 0.553. The highest BCUT2D eigenvalue weighted by Crippen LogP contribution is 2.22. The predicted octanol–water partition coefficient (Wildman–Crippen LogP) is 4.43. The van der Waals surface area contributed by atoms with Gasteiger partial charge in [-0.15, -0.1) is 0 Å². The molecule has 1 heterocycles. The summed E-state index contributed by atoms with van der Waals surface area (Å²) in [5.41, 5.74) is 1.87. The Morgan fingerprint density at radius 3 is 2.70 bits per heavy atom. The highest BCUT2D eigenvalue weighted by Gasteiger charge is 2.06. The molecule has 0 amide bonds. The molecule has 0 aliphatic heterocycles. The molecule has 0 aliphatic rings. The number of ether oxygens (including phenoxy) is 1. The molecule has 0 atom stereocenters. The van der Waals surface area contributed by atoms with E-state index in [1.54, 1.807) is 0 Å². The number of H-pyrrole nitrogens is 1. The Hall–Kier alpha value is -1.78. The first-order valence-electron chi connectivity index (χ1n) is 6.30. The van der Waals surface area contributed by atoms with Crippen LogP contribution in [0.15, 0.2) is 48.5 Å². The van der Waals surface area contributed by atoms with Crippen LogP contribution in [0.5, 0.6) is 5.75 Å². The number of para-hydroxylation sites is 2. The maximum atomic E-state index is 6.15. The summed E-state index contributed by atoms with van der Waals surface area (Å²) < 4.78 is 8.36. The van der Waals surface area contributed by atoms with Gasteiger partial charge in [0.15, 0.2) is 4.77 Å². The Balaban J connectivity index is 1.80. The molecule has 3 nitrogen and oxygen atoms in total. The SMILES string of the molecule is S=c1[nH]c2c(Cl)cccc2n1CCOc1ccccc1. The molecule has 0 unspecified atom stereocenters. The van der Waals surface area contributed by atoms with Gasteiger partial charge in [-0.25, -0.2) is 0 Å². The molecule has 1 N–H and O–H groups in total. The van der Waals surface area contributed by atoms with Crippen LogP contribution in [0, 0.1) is 4.77 Å². The fourth-order valence-electron chi connectivity index (χ4n) is 2.14. The third-order valence-corrected chi connectivity index (χ3v) is 3.72. The number of nitrogens with one attached hydrogen (secondary N) is 1. The zero-order valence-corrected chi connectivity index (χ0v) is 12.2. The van der Waals surface area contributed by atoms with E-state index in [9.17, 15) is 0 Å². The Bertz CT molecular complexity index is 779. The second kappa shape index (κ2) is 5.69. The molecule has 0 spiro atoms. The number of rotatable bonds is 4. The van der Waals surface area contributed by atoms with Crippen molar-refractivity contribution in [2.24, 2.45) is 0 Å². The molecule has 0 bridgehead atoms. The van der Waals surface area contributed by atoms with Gasteiger partial charge in [-0.05, 0) is 36.5 Å². The van der Waals surface area contributed by atoms with E-state index in [-0.39, 0.29) is 0 Å². The molecule has 102 valence electrons. The standard InChI is InChI=1S/C15H13ClN2OS/c16-12-7-4-8-13-14(12)17-15(20)18(13)9-10-19-11-5-2-1-3-6-11/h1-8H,9-10H2,(H,17,20). The first-order valence-corrected chi connectivity index (χ1v) is 7.09. The number of imidazole rings is 1. The molecular formula is C15H13ClN2OS. The molecule has 0 aliphatic carbocycles. The maximum Gasteiger partial charge on any atom is 0.178 e. The second-order valence-electron chi connectivity index (χ2n) is 4.38. The van der Waals surface area contributed by atoms with Crippen molar-refractivity contribution in [3.05, 3.63) is 58.3 Å². The molecule has 0 fully saturated rings. The zero-order valence-electron chi connectivity index (χ0n) is 10.7. The van der Waals surface area contributed by atoms with Gasteiger partial charge in [0, 0.05) is 0 Å². The van der Waals surface area contributed by atoms with E-state index in [1.807, 2.05) is 53.1 Å². The molecule has 3 aromatic rings. The van der Waals surface area contributed by atoms with Crippen LogP contribution in [-0.2, 0) is 6.54 Å². The average Bonchev–Trinajstić information content (AvgIpc) is 2.78. The summed E-state index contributed by atoms with van der Waals surface area (Å²) in [6.07, 6.45) is 0. The van der Waals surface area contributed by atoms with Crippen molar-refractivity contribution in [2.75, 3.05) is 6.61 Å². The van der Waals surface area contributed by atoms with Gasteiger partial charge in [-0.3, -0.25) is 0 Å². The Labute approximate surface area is 126 Å². The summed E-state index contributed by atoms with van der Waals surface area (Å²) in [7, 11) is 0. The highest BCUT2D eigenvalue weighted by molar-refractivity contribution is 7.71. The Kier molecular flexibility index (Phi) is 3.76. The fraction of sp³-hybridized carbons (Fsp3) is 0.133. The van der Waals surface area contributed by atoms with Gasteiger partial charge in [0.25, 0.3) is 0 Å². The summed E-state index contributed by atoms with van der Waals surface area (Å²) in [6, 6.07) is 15.5. The minimum atomic E-state index is 0.553. The lowest BCUT2D eigenvalue weighted by atomic mass is 10.3. The van der Waals surface area contributed by atoms with E-state index in [0.29, 0.717) is 22.9 Å². The summed E-state index contributed by atoms with van der Waals surface area (Å²) in [5.74, 6) is 0.858. The van der Waals surface area contributed by atoms with E-state index in [0.717, 1.165) is 16.8 Å². The lowest BCUT2D eigenvalue weighted by Crippen LogP contribution is -2.08. The molecule has 3 rings (SSSR count). The summed E-state index contributed by atoms with van der Waals surface area (Å²) >= 11 is 11.5. The van der Waals surface area contributed by atoms with Crippen molar-refractivity contribution in [3.63, 3.8) is 0 Å². The molecule has 1 aromatic heterocycles. The fourth-order valence-corrected chi connectivity index (χ4v) is 2.65. The van der Waals surface area contributed by atoms with Crippen molar-refractivity contribution in [1.29, 1.82) is 0 Å². The number of fused-ring (bicyclic) bond motifs is 1. The van der Waals surface area contributed by atoms with Gasteiger partial charge in [0.2, 0.25) is 0 Å². The largest absolute Gasteiger partial charge is 0.492 e. The minimum Gasteiger partial charge on any atom is -0.492 e. The zero-order chi connectivity index (χ0) is 13.9. The van der Waals surface area contributed by atoms with Crippen molar-refractivity contribution >= 4 is 34.9 Å². The van der Waals surface area contributed by atoms with E-state index < -0.39 is 0 Å². The molecule has 0 radical (unpaired) electrons. The monoisotopic (exact) mass is 304 g/mol. The van der Waals surface area contributed by atoms with Crippen LogP contribution in [-0.4, -0.2) is 16.2 Å². The second-order valence-corrected chi connectivity index (χ2v) is 5.17. The van der Waals surface area contributed by atoms with Crippen LogP contribution in [0.3, 0.4) is 0 Å². The smallest absolute Gasteiger partial charge is 0.178 e. The first-order chi connectivity index (χ1) is 9.75. The topological polar surface area (TPSA) is 29.9 Å².